The first-order valence-corrected chi connectivity index (χ1v) is 4.66. The third kappa shape index (κ3) is 3.81. The number of alkyl halides is 1. The molecule has 0 heterocycles. The normalized spacial score (nSPS) is 14.6. The molecule has 1 atom stereocenters. The Balaban J connectivity index is 4.03. The van der Waals surface area contributed by atoms with Gasteiger partial charge in [-0.2, -0.15) is 0 Å². The van der Waals surface area contributed by atoms with Gasteiger partial charge in [0.15, 0.2) is 0 Å². The number of allylic oxidation sites excluding steroid dienone is 1. The molecular formula is C10H19Cl. The van der Waals surface area contributed by atoms with Gasteiger partial charge in [-0.3, -0.25) is 0 Å². The molecule has 0 saturated heterocycles. The molecule has 0 bridgehead atoms. The van der Waals surface area contributed by atoms with Crippen LogP contribution in [-0.2, 0) is 0 Å². The summed E-state index contributed by atoms with van der Waals surface area (Å²) >= 11 is 6.12. The van der Waals surface area contributed by atoms with E-state index in [2.05, 4.69) is 34.3 Å². The molecule has 1 unspecified atom stereocenters. The molecular weight excluding hydrogens is 156 g/mol. The largest absolute Gasteiger partial charge is 0.118 e. The minimum absolute atomic E-state index is 0.153. The van der Waals surface area contributed by atoms with Crippen LogP contribution in [0.1, 0.15) is 40.5 Å². The van der Waals surface area contributed by atoms with Crippen molar-refractivity contribution in [2.24, 2.45) is 5.41 Å². The van der Waals surface area contributed by atoms with E-state index in [1.165, 1.54) is 0 Å². The molecule has 66 valence electrons. The van der Waals surface area contributed by atoms with Gasteiger partial charge in [0.2, 0.25) is 0 Å². The van der Waals surface area contributed by atoms with Crippen molar-refractivity contribution in [3.63, 3.8) is 0 Å². The van der Waals surface area contributed by atoms with E-state index in [0.29, 0.717) is 0 Å². The summed E-state index contributed by atoms with van der Waals surface area (Å²) in [5, 5.41) is 0.153. The van der Waals surface area contributed by atoms with E-state index < -0.39 is 0 Å². The van der Waals surface area contributed by atoms with Crippen molar-refractivity contribution in [2.45, 2.75) is 45.9 Å². The maximum atomic E-state index is 6.12. The summed E-state index contributed by atoms with van der Waals surface area (Å²) < 4.78 is 0. The zero-order valence-corrected chi connectivity index (χ0v) is 8.83. The highest BCUT2D eigenvalue weighted by Crippen LogP contribution is 2.30. The van der Waals surface area contributed by atoms with Crippen LogP contribution in [0.15, 0.2) is 12.2 Å². The second kappa shape index (κ2) is 4.15. The Hall–Kier alpha value is 0.0300. The third-order valence-electron chi connectivity index (χ3n) is 1.88. The fourth-order valence-electron chi connectivity index (χ4n) is 0.898. The lowest BCUT2D eigenvalue weighted by atomic mass is 9.84. The van der Waals surface area contributed by atoms with Crippen LogP contribution in [0.25, 0.3) is 0 Å². The molecule has 0 aromatic carbocycles. The van der Waals surface area contributed by atoms with Gasteiger partial charge in [0.1, 0.15) is 0 Å². The molecule has 0 nitrogen and oxygen atoms in total. The zero-order chi connectivity index (χ0) is 9.07. The van der Waals surface area contributed by atoms with Gasteiger partial charge in [0.05, 0.1) is 5.38 Å². The smallest absolute Gasteiger partial charge is 0.0547 e. The summed E-state index contributed by atoms with van der Waals surface area (Å²) in [5.41, 5.74) is 1.31. The average molecular weight is 175 g/mol. The second-order valence-corrected chi connectivity index (χ2v) is 4.56. The molecule has 0 aromatic heterocycles. The minimum atomic E-state index is 0.153. The van der Waals surface area contributed by atoms with E-state index in [1.54, 1.807) is 0 Å². The van der Waals surface area contributed by atoms with Crippen molar-refractivity contribution in [3.05, 3.63) is 12.2 Å². The topological polar surface area (TPSA) is 0 Å². The Morgan fingerprint density at radius 1 is 1.45 bits per heavy atom. The summed E-state index contributed by atoms with van der Waals surface area (Å²) in [6, 6.07) is 0. The van der Waals surface area contributed by atoms with Crippen LogP contribution >= 0.6 is 11.6 Å². The second-order valence-electron chi connectivity index (χ2n) is 4.03. The van der Waals surface area contributed by atoms with Crippen molar-refractivity contribution in [2.75, 3.05) is 0 Å². The first-order valence-electron chi connectivity index (χ1n) is 4.23. The van der Waals surface area contributed by atoms with Gasteiger partial charge in [0, 0.05) is 0 Å². The van der Waals surface area contributed by atoms with Crippen molar-refractivity contribution >= 4 is 11.6 Å². The molecule has 0 amide bonds. The molecule has 0 aliphatic carbocycles. The van der Waals surface area contributed by atoms with E-state index in [1.807, 2.05) is 0 Å². The standard InChI is InChI=1S/C10H19Cl/c1-6-7-9(11)8(2)10(3,4)5/h9H,2,6-7H2,1,3-5H3. The van der Waals surface area contributed by atoms with Crippen LogP contribution in [0.3, 0.4) is 0 Å². The quantitative estimate of drug-likeness (QED) is 0.448. The molecule has 0 rings (SSSR count). The first kappa shape index (κ1) is 11.0. The van der Waals surface area contributed by atoms with E-state index in [4.69, 9.17) is 11.6 Å². The Bertz CT molecular complexity index is 130. The number of hydrogen-bond acceptors (Lipinski definition) is 0. The van der Waals surface area contributed by atoms with Gasteiger partial charge >= 0.3 is 0 Å². The molecule has 0 spiro atoms. The van der Waals surface area contributed by atoms with Gasteiger partial charge < -0.3 is 0 Å². The van der Waals surface area contributed by atoms with Gasteiger partial charge in [-0.05, 0) is 11.8 Å². The average Bonchev–Trinajstić information content (AvgIpc) is 1.85. The molecule has 0 aliphatic heterocycles. The first-order chi connectivity index (χ1) is 4.89. The predicted octanol–water partition coefficient (Wildman–Crippen LogP) is 4.00. The highest BCUT2D eigenvalue weighted by atomic mass is 35.5. The fraction of sp³-hybridized carbons (Fsp3) is 0.800. The van der Waals surface area contributed by atoms with Gasteiger partial charge in [-0.1, -0.05) is 46.3 Å². The predicted molar refractivity (Wildman–Crippen MR) is 53.1 cm³/mol. The van der Waals surface area contributed by atoms with Crippen LogP contribution < -0.4 is 0 Å². The lowest BCUT2D eigenvalue weighted by Crippen LogP contribution is -2.16. The fourth-order valence-corrected chi connectivity index (χ4v) is 1.44. The maximum Gasteiger partial charge on any atom is 0.0547 e. The molecule has 0 saturated carbocycles. The van der Waals surface area contributed by atoms with Gasteiger partial charge in [-0.15, -0.1) is 11.6 Å². The van der Waals surface area contributed by atoms with Gasteiger partial charge in [0.25, 0.3) is 0 Å². The zero-order valence-electron chi connectivity index (χ0n) is 8.08. The van der Waals surface area contributed by atoms with E-state index in [-0.39, 0.29) is 10.8 Å². The van der Waals surface area contributed by atoms with Crippen molar-refractivity contribution < 1.29 is 0 Å². The van der Waals surface area contributed by atoms with Crippen molar-refractivity contribution in [1.29, 1.82) is 0 Å². The summed E-state index contributed by atoms with van der Waals surface area (Å²) in [4.78, 5) is 0. The highest BCUT2D eigenvalue weighted by molar-refractivity contribution is 6.22. The Labute approximate surface area is 75.6 Å². The summed E-state index contributed by atoms with van der Waals surface area (Å²) in [5.74, 6) is 0. The van der Waals surface area contributed by atoms with Crippen LogP contribution in [-0.4, -0.2) is 5.38 Å². The van der Waals surface area contributed by atoms with Crippen LogP contribution in [0, 0.1) is 5.41 Å². The third-order valence-corrected chi connectivity index (χ3v) is 2.37. The number of rotatable bonds is 3. The van der Waals surface area contributed by atoms with E-state index in [9.17, 15) is 0 Å². The summed E-state index contributed by atoms with van der Waals surface area (Å²) in [6.07, 6.45) is 2.17. The molecule has 11 heavy (non-hydrogen) atoms. The Morgan fingerprint density at radius 3 is 2.18 bits per heavy atom. The Morgan fingerprint density at radius 2 is 1.91 bits per heavy atom. The van der Waals surface area contributed by atoms with Crippen LogP contribution in [0.5, 0.6) is 0 Å². The van der Waals surface area contributed by atoms with Crippen molar-refractivity contribution in [1.82, 2.24) is 0 Å². The lowest BCUT2D eigenvalue weighted by molar-refractivity contribution is 0.480. The van der Waals surface area contributed by atoms with Crippen LogP contribution in [0.2, 0.25) is 0 Å². The van der Waals surface area contributed by atoms with E-state index >= 15 is 0 Å². The summed E-state index contributed by atoms with van der Waals surface area (Å²) in [6.45, 7) is 12.6. The molecule has 0 aromatic rings. The SMILES string of the molecule is C=C(C(Cl)CCC)C(C)(C)C. The molecule has 0 fully saturated rings. The highest BCUT2D eigenvalue weighted by Gasteiger charge is 2.20. The van der Waals surface area contributed by atoms with E-state index in [0.717, 1.165) is 18.4 Å². The lowest BCUT2D eigenvalue weighted by Gasteiger charge is -2.25. The minimum Gasteiger partial charge on any atom is -0.118 e. The number of hydrogen-bond donors (Lipinski definition) is 0. The van der Waals surface area contributed by atoms with Gasteiger partial charge in [-0.25, -0.2) is 0 Å². The molecule has 0 radical (unpaired) electrons. The number of halogens is 1. The Kier molecular flexibility index (Phi) is 4.17. The van der Waals surface area contributed by atoms with Crippen LogP contribution in [0.4, 0.5) is 0 Å². The maximum absolute atomic E-state index is 6.12. The summed E-state index contributed by atoms with van der Waals surface area (Å²) in [7, 11) is 0. The van der Waals surface area contributed by atoms with Crippen molar-refractivity contribution in [3.8, 4) is 0 Å². The molecule has 0 N–H and O–H groups in total. The monoisotopic (exact) mass is 174 g/mol. The molecule has 0 aliphatic rings. The molecule has 1 heteroatoms.